The first-order chi connectivity index (χ1) is 7.56. The third-order valence-corrected chi connectivity index (χ3v) is 2.57. The van der Waals surface area contributed by atoms with Gasteiger partial charge in [0.2, 0.25) is 5.91 Å². The second kappa shape index (κ2) is 5.61. The van der Waals surface area contributed by atoms with Gasteiger partial charge in [0.05, 0.1) is 6.04 Å². The SMILES string of the molecule is CCC(N[C@H](C)c1ccccc1F)C(N)=O. The van der Waals surface area contributed by atoms with Crippen LogP contribution in [0.4, 0.5) is 4.39 Å². The molecule has 88 valence electrons. The Morgan fingerprint density at radius 3 is 2.62 bits per heavy atom. The molecule has 3 nitrogen and oxygen atoms in total. The van der Waals surface area contributed by atoms with E-state index in [1.807, 2.05) is 13.8 Å². The van der Waals surface area contributed by atoms with Gasteiger partial charge in [0.1, 0.15) is 5.82 Å². The standard InChI is InChI=1S/C12H17FN2O/c1-3-11(12(14)16)15-8(2)9-6-4-5-7-10(9)13/h4-8,11,15H,3H2,1-2H3,(H2,14,16)/t8-,11?/m1/s1. The molecule has 0 saturated heterocycles. The molecular formula is C12H17FN2O. The van der Waals surface area contributed by atoms with Crippen LogP contribution in [0, 0.1) is 5.82 Å². The van der Waals surface area contributed by atoms with Gasteiger partial charge < -0.3 is 5.73 Å². The first-order valence-electron chi connectivity index (χ1n) is 5.36. The van der Waals surface area contributed by atoms with Crippen molar-refractivity contribution < 1.29 is 9.18 Å². The van der Waals surface area contributed by atoms with Crippen LogP contribution in [0.1, 0.15) is 31.9 Å². The molecule has 1 amide bonds. The van der Waals surface area contributed by atoms with Gasteiger partial charge in [-0.25, -0.2) is 4.39 Å². The average Bonchev–Trinajstić information content (AvgIpc) is 2.25. The van der Waals surface area contributed by atoms with Crippen molar-refractivity contribution in [2.45, 2.75) is 32.4 Å². The maximum absolute atomic E-state index is 13.4. The van der Waals surface area contributed by atoms with Crippen molar-refractivity contribution in [3.63, 3.8) is 0 Å². The highest BCUT2D eigenvalue weighted by molar-refractivity contribution is 5.79. The Morgan fingerprint density at radius 1 is 1.50 bits per heavy atom. The van der Waals surface area contributed by atoms with Gasteiger partial charge in [-0.2, -0.15) is 0 Å². The van der Waals surface area contributed by atoms with Crippen molar-refractivity contribution >= 4 is 5.91 Å². The van der Waals surface area contributed by atoms with Crippen LogP contribution >= 0.6 is 0 Å². The van der Waals surface area contributed by atoms with Crippen molar-refractivity contribution in [1.29, 1.82) is 0 Å². The van der Waals surface area contributed by atoms with Crippen LogP contribution in [0.5, 0.6) is 0 Å². The van der Waals surface area contributed by atoms with Gasteiger partial charge in [-0.3, -0.25) is 10.1 Å². The lowest BCUT2D eigenvalue weighted by atomic mass is 10.1. The second-order valence-corrected chi connectivity index (χ2v) is 3.77. The van der Waals surface area contributed by atoms with Crippen molar-refractivity contribution in [2.75, 3.05) is 0 Å². The van der Waals surface area contributed by atoms with E-state index in [4.69, 9.17) is 5.73 Å². The van der Waals surface area contributed by atoms with Crippen molar-refractivity contribution in [2.24, 2.45) is 5.73 Å². The van der Waals surface area contributed by atoms with Gasteiger partial charge in [-0.1, -0.05) is 25.1 Å². The van der Waals surface area contributed by atoms with Crippen LogP contribution < -0.4 is 11.1 Å². The second-order valence-electron chi connectivity index (χ2n) is 3.77. The molecule has 0 aromatic heterocycles. The minimum atomic E-state index is -0.422. The number of amides is 1. The molecule has 1 aromatic rings. The van der Waals surface area contributed by atoms with E-state index in [9.17, 15) is 9.18 Å². The molecule has 4 heteroatoms. The number of benzene rings is 1. The van der Waals surface area contributed by atoms with Gasteiger partial charge in [0.25, 0.3) is 0 Å². The number of hydrogen-bond acceptors (Lipinski definition) is 2. The fourth-order valence-corrected chi connectivity index (χ4v) is 1.62. The lowest BCUT2D eigenvalue weighted by Gasteiger charge is -2.20. The molecule has 16 heavy (non-hydrogen) atoms. The zero-order valence-corrected chi connectivity index (χ0v) is 9.53. The molecule has 0 aliphatic rings. The Morgan fingerprint density at radius 2 is 2.12 bits per heavy atom. The Hall–Kier alpha value is -1.42. The molecule has 0 spiro atoms. The molecule has 0 aliphatic heterocycles. The number of primary amides is 1. The monoisotopic (exact) mass is 224 g/mol. The quantitative estimate of drug-likeness (QED) is 0.800. The van der Waals surface area contributed by atoms with E-state index < -0.39 is 11.9 Å². The Bertz CT molecular complexity index is 368. The highest BCUT2D eigenvalue weighted by atomic mass is 19.1. The van der Waals surface area contributed by atoms with E-state index in [-0.39, 0.29) is 11.9 Å². The molecule has 3 N–H and O–H groups in total. The lowest BCUT2D eigenvalue weighted by Crippen LogP contribution is -2.42. The third kappa shape index (κ3) is 3.03. The van der Waals surface area contributed by atoms with Crippen molar-refractivity contribution in [3.05, 3.63) is 35.6 Å². The van der Waals surface area contributed by atoms with E-state index in [1.165, 1.54) is 6.07 Å². The summed E-state index contributed by atoms with van der Waals surface area (Å²) in [6.45, 7) is 3.67. The summed E-state index contributed by atoms with van der Waals surface area (Å²) in [7, 11) is 0. The summed E-state index contributed by atoms with van der Waals surface area (Å²) in [5, 5.41) is 3.01. The maximum Gasteiger partial charge on any atom is 0.234 e. The Labute approximate surface area is 94.8 Å². The molecule has 1 aromatic carbocycles. The largest absolute Gasteiger partial charge is 0.368 e. The summed E-state index contributed by atoms with van der Waals surface area (Å²) in [6, 6.07) is 5.84. The summed E-state index contributed by atoms with van der Waals surface area (Å²) in [5.41, 5.74) is 5.76. The van der Waals surface area contributed by atoms with E-state index in [1.54, 1.807) is 18.2 Å². The fourth-order valence-electron chi connectivity index (χ4n) is 1.62. The van der Waals surface area contributed by atoms with Crippen LogP contribution in [0.3, 0.4) is 0 Å². The normalized spacial score (nSPS) is 14.4. The minimum absolute atomic E-state index is 0.237. The van der Waals surface area contributed by atoms with Gasteiger partial charge in [-0.15, -0.1) is 0 Å². The number of carbonyl (C=O) groups excluding carboxylic acids is 1. The van der Waals surface area contributed by atoms with E-state index >= 15 is 0 Å². The number of carbonyl (C=O) groups is 1. The number of nitrogens with two attached hydrogens (primary N) is 1. The van der Waals surface area contributed by atoms with Crippen LogP contribution in [0.2, 0.25) is 0 Å². The smallest absolute Gasteiger partial charge is 0.234 e. The highest BCUT2D eigenvalue weighted by Gasteiger charge is 2.17. The average molecular weight is 224 g/mol. The molecule has 0 fully saturated rings. The van der Waals surface area contributed by atoms with Crippen molar-refractivity contribution in [1.82, 2.24) is 5.32 Å². The molecule has 0 radical (unpaired) electrons. The van der Waals surface area contributed by atoms with Gasteiger partial charge in [0.15, 0.2) is 0 Å². The maximum atomic E-state index is 13.4. The zero-order chi connectivity index (χ0) is 12.1. The van der Waals surface area contributed by atoms with E-state index in [0.717, 1.165) is 0 Å². The fraction of sp³-hybridized carbons (Fsp3) is 0.417. The molecule has 0 heterocycles. The van der Waals surface area contributed by atoms with Gasteiger partial charge in [0, 0.05) is 11.6 Å². The molecule has 1 rings (SSSR count). The topological polar surface area (TPSA) is 55.1 Å². The number of nitrogens with one attached hydrogen (secondary N) is 1. The Balaban J connectivity index is 2.75. The predicted molar refractivity (Wildman–Crippen MR) is 61.2 cm³/mol. The van der Waals surface area contributed by atoms with Gasteiger partial charge >= 0.3 is 0 Å². The van der Waals surface area contributed by atoms with Crippen LogP contribution in [0.15, 0.2) is 24.3 Å². The summed E-state index contributed by atoms with van der Waals surface area (Å²) < 4.78 is 13.4. The Kier molecular flexibility index (Phi) is 4.43. The molecule has 0 aliphatic carbocycles. The third-order valence-electron chi connectivity index (χ3n) is 2.57. The number of rotatable bonds is 5. The number of hydrogen-bond donors (Lipinski definition) is 2. The van der Waals surface area contributed by atoms with Crippen molar-refractivity contribution in [3.8, 4) is 0 Å². The van der Waals surface area contributed by atoms with Crippen LogP contribution in [-0.2, 0) is 4.79 Å². The summed E-state index contributed by atoms with van der Waals surface area (Å²) in [4.78, 5) is 11.0. The molecule has 2 atom stereocenters. The summed E-state index contributed by atoms with van der Waals surface area (Å²) in [6.07, 6.45) is 0.591. The number of halogens is 1. The van der Waals surface area contributed by atoms with E-state index in [2.05, 4.69) is 5.32 Å². The molecule has 0 bridgehead atoms. The first-order valence-corrected chi connectivity index (χ1v) is 5.36. The first kappa shape index (κ1) is 12.6. The molecule has 0 saturated carbocycles. The summed E-state index contributed by atoms with van der Waals surface area (Å²) in [5.74, 6) is -0.687. The zero-order valence-electron chi connectivity index (χ0n) is 9.53. The van der Waals surface area contributed by atoms with Gasteiger partial charge in [-0.05, 0) is 19.4 Å². The highest BCUT2D eigenvalue weighted by Crippen LogP contribution is 2.16. The lowest BCUT2D eigenvalue weighted by molar-refractivity contribution is -0.120. The molecule has 1 unspecified atom stereocenters. The predicted octanol–water partition coefficient (Wildman–Crippen LogP) is 1.74. The molecular weight excluding hydrogens is 207 g/mol. The summed E-state index contributed by atoms with van der Waals surface area (Å²) >= 11 is 0. The van der Waals surface area contributed by atoms with E-state index in [0.29, 0.717) is 12.0 Å². The van der Waals surface area contributed by atoms with Crippen LogP contribution in [-0.4, -0.2) is 11.9 Å². The van der Waals surface area contributed by atoms with Crippen LogP contribution in [0.25, 0.3) is 0 Å². The minimum Gasteiger partial charge on any atom is -0.368 e.